The molecule has 0 bridgehead atoms. The molecule has 0 saturated heterocycles. The predicted molar refractivity (Wildman–Crippen MR) is 67.1 cm³/mol. The average Bonchev–Trinajstić information content (AvgIpc) is 2.16. The minimum Gasteiger partial charge on any atom is -0.397 e. The van der Waals surface area contributed by atoms with E-state index in [2.05, 4.69) is 24.6 Å². The van der Waals surface area contributed by atoms with E-state index < -0.39 is 0 Å². The number of nitrogens with two attached hydrogens (primary N) is 1. The summed E-state index contributed by atoms with van der Waals surface area (Å²) >= 11 is 1.85. The number of thioether (sulfide) groups is 1. The zero-order valence-corrected chi connectivity index (χ0v) is 9.82. The Hall–Kier alpha value is -0.830. The fraction of sp³-hybridized carbons (Fsp3) is 0.455. The Bertz CT molecular complexity index is 299. The monoisotopic (exact) mass is 210 g/mol. The highest BCUT2D eigenvalue weighted by Crippen LogP contribution is 2.19. The number of benzene rings is 1. The van der Waals surface area contributed by atoms with Crippen molar-refractivity contribution in [3.63, 3.8) is 0 Å². The van der Waals surface area contributed by atoms with Crippen LogP contribution in [-0.4, -0.2) is 18.1 Å². The molecule has 0 aromatic heterocycles. The third-order valence-corrected chi connectivity index (χ3v) is 3.16. The van der Waals surface area contributed by atoms with Crippen molar-refractivity contribution in [2.45, 2.75) is 19.1 Å². The molecule has 0 heterocycles. The molecule has 1 atom stereocenters. The highest BCUT2D eigenvalue weighted by Gasteiger charge is 2.01. The standard InChI is InChI=1S/C11H18N2S/c1-8-4-5-11(10(12)6-8)13-7-9(2)14-3/h4-6,9,13H,7,12H2,1-3H3. The van der Waals surface area contributed by atoms with Gasteiger partial charge in [-0.1, -0.05) is 13.0 Å². The predicted octanol–water partition coefficient (Wildman–Crippen LogP) is 2.74. The topological polar surface area (TPSA) is 38.0 Å². The smallest absolute Gasteiger partial charge is 0.0574 e. The van der Waals surface area contributed by atoms with Crippen molar-refractivity contribution < 1.29 is 0 Å². The fourth-order valence-electron chi connectivity index (χ4n) is 1.18. The lowest BCUT2D eigenvalue weighted by atomic mass is 10.2. The molecular weight excluding hydrogens is 192 g/mol. The fourth-order valence-corrected chi connectivity index (χ4v) is 1.43. The summed E-state index contributed by atoms with van der Waals surface area (Å²) in [4.78, 5) is 0. The molecule has 0 saturated carbocycles. The molecule has 3 heteroatoms. The Labute approximate surface area is 90.3 Å². The van der Waals surface area contributed by atoms with Gasteiger partial charge in [0.25, 0.3) is 0 Å². The summed E-state index contributed by atoms with van der Waals surface area (Å²) in [7, 11) is 0. The molecule has 0 aliphatic rings. The Morgan fingerprint density at radius 2 is 2.21 bits per heavy atom. The first-order chi connectivity index (χ1) is 6.63. The summed E-state index contributed by atoms with van der Waals surface area (Å²) in [6.45, 7) is 5.20. The maximum absolute atomic E-state index is 5.88. The van der Waals surface area contributed by atoms with Gasteiger partial charge < -0.3 is 11.1 Å². The van der Waals surface area contributed by atoms with Gasteiger partial charge in [0.15, 0.2) is 0 Å². The lowest BCUT2D eigenvalue weighted by Crippen LogP contribution is -2.13. The van der Waals surface area contributed by atoms with Crippen LogP contribution in [0.2, 0.25) is 0 Å². The molecule has 78 valence electrons. The molecule has 1 unspecified atom stereocenters. The molecule has 14 heavy (non-hydrogen) atoms. The molecule has 1 aromatic carbocycles. The lowest BCUT2D eigenvalue weighted by molar-refractivity contribution is 1.00. The van der Waals surface area contributed by atoms with Gasteiger partial charge in [-0.2, -0.15) is 11.8 Å². The molecular formula is C11H18N2S. The van der Waals surface area contributed by atoms with Gasteiger partial charge in [-0.15, -0.1) is 0 Å². The number of hydrogen-bond acceptors (Lipinski definition) is 3. The SMILES string of the molecule is CSC(C)CNc1ccc(C)cc1N. The number of hydrogen-bond donors (Lipinski definition) is 2. The second kappa shape index (κ2) is 5.15. The van der Waals surface area contributed by atoms with Crippen LogP contribution in [0, 0.1) is 6.92 Å². The van der Waals surface area contributed by atoms with E-state index in [1.54, 1.807) is 0 Å². The van der Waals surface area contributed by atoms with Crippen LogP contribution in [0.4, 0.5) is 11.4 Å². The Morgan fingerprint density at radius 1 is 1.50 bits per heavy atom. The van der Waals surface area contributed by atoms with E-state index in [0.29, 0.717) is 5.25 Å². The minimum absolute atomic E-state index is 0.607. The van der Waals surface area contributed by atoms with E-state index in [-0.39, 0.29) is 0 Å². The second-order valence-corrected chi connectivity index (χ2v) is 4.79. The summed E-state index contributed by atoms with van der Waals surface area (Å²) in [6, 6.07) is 6.10. The molecule has 0 amide bonds. The van der Waals surface area contributed by atoms with Crippen LogP contribution in [0.3, 0.4) is 0 Å². The summed E-state index contributed by atoms with van der Waals surface area (Å²) in [5.74, 6) is 0. The van der Waals surface area contributed by atoms with Crippen molar-refractivity contribution >= 4 is 23.1 Å². The Kier molecular flexibility index (Phi) is 4.14. The first-order valence-corrected chi connectivity index (χ1v) is 6.05. The van der Waals surface area contributed by atoms with Crippen LogP contribution in [0.25, 0.3) is 0 Å². The van der Waals surface area contributed by atoms with Gasteiger partial charge >= 0.3 is 0 Å². The average molecular weight is 210 g/mol. The quantitative estimate of drug-likeness (QED) is 0.750. The van der Waals surface area contributed by atoms with E-state index >= 15 is 0 Å². The van der Waals surface area contributed by atoms with Crippen molar-refractivity contribution in [3.8, 4) is 0 Å². The van der Waals surface area contributed by atoms with Crippen LogP contribution >= 0.6 is 11.8 Å². The van der Waals surface area contributed by atoms with Crippen LogP contribution < -0.4 is 11.1 Å². The largest absolute Gasteiger partial charge is 0.397 e. The molecule has 0 aliphatic heterocycles. The van der Waals surface area contributed by atoms with Crippen molar-refractivity contribution in [3.05, 3.63) is 23.8 Å². The zero-order chi connectivity index (χ0) is 10.6. The van der Waals surface area contributed by atoms with Gasteiger partial charge in [0, 0.05) is 11.8 Å². The van der Waals surface area contributed by atoms with E-state index in [4.69, 9.17) is 5.73 Å². The first kappa shape index (κ1) is 11.2. The van der Waals surface area contributed by atoms with Crippen molar-refractivity contribution in [2.24, 2.45) is 0 Å². The van der Waals surface area contributed by atoms with Crippen LogP contribution in [0.1, 0.15) is 12.5 Å². The molecule has 2 nitrogen and oxygen atoms in total. The zero-order valence-electron chi connectivity index (χ0n) is 9.00. The Balaban J connectivity index is 2.59. The van der Waals surface area contributed by atoms with E-state index in [9.17, 15) is 0 Å². The highest BCUT2D eigenvalue weighted by molar-refractivity contribution is 7.99. The number of nitrogen functional groups attached to an aromatic ring is 1. The van der Waals surface area contributed by atoms with Gasteiger partial charge in [-0.25, -0.2) is 0 Å². The number of rotatable bonds is 4. The highest BCUT2D eigenvalue weighted by atomic mass is 32.2. The summed E-state index contributed by atoms with van der Waals surface area (Å²) in [6.07, 6.45) is 2.12. The van der Waals surface area contributed by atoms with E-state index in [0.717, 1.165) is 17.9 Å². The van der Waals surface area contributed by atoms with Crippen molar-refractivity contribution in [2.75, 3.05) is 23.9 Å². The Morgan fingerprint density at radius 3 is 2.79 bits per heavy atom. The van der Waals surface area contributed by atoms with Gasteiger partial charge in [-0.3, -0.25) is 0 Å². The van der Waals surface area contributed by atoms with Crippen LogP contribution in [0.15, 0.2) is 18.2 Å². The molecule has 0 aliphatic carbocycles. The van der Waals surface area contributed by atoms with Gasteiger partial charge in [-0.05, 0) is 30.9 Å². The maximum atomic E-state index is 5.88. The lowest BCUT2D eigenvalue weighted by Gasteiger charge is -2.13. The molecule has 0 spiro atoms. The van der Waals surface area contributed by atoms with Gasteiger partial charge in [0.05, 0.1) is 11.4 Å². The van der Waals surface area contributed by atoms with Crippen molar-refractivity contribution in [1.82, 2.24) is 0 Å². The van der Waals surface area contributed by atoms with Crippen LogP contribution in [-0.2, 0) is 0 Å². The first-order valence-electron chi connectivity index (χ1n) is 4.76. The van der Waals surface area contributed by atoms with Gasteiger partial charge in [0.1, 0.15) is 0 Å². The third-order valence-electron chi connectivity index (χ3n) is 2.19. The summed E-state index contributed by atoms with van der Waals surface area (Å²) in [5.41, 5.74) is 8.95. The molecule has 0 radical (unpaired) electrons. The molecule has 1 aromatic rings. The maximum Gasteiger partial charge on any atom is 0.0574 e. The van der Waals surface area contributed by atoms with Crippen LogP contribution in [0.5, 0.6) is 0 Å². The summed E-state index contributed by atoms with van der Waals surface area (Å²) in [5, 5.41) is 3.95. The van der Waals surface area contributed by atoms with Crippen molar-refractivity contribution in [1.29, 1.82) is 0 Å². The molecule has 0 fully saturated rings. The van der Waals surface area contributed by atoms with Gasteiger partial charge in [0.2, 0.25) is 0 Å². The molecule has 3 N–H and O–H groups in total. The third kappa shape index (κ3) is 3.14. The second-order valence-electron chi connectivity index (χ2n) is 3.52. The number of anilines is 2. The van der Waals surface area contributed by atoms with E-state index in [1.165, 1.54) is 5.56 Å². The number of aryl methyl sites for hydroxylation is 1. The molecule has 1 rings (SSSR count). The normalized spacial score (nSPS) is 12.5. The minimum atomic E-state index is 0.607. The van der Waals surface area contributed by atoms with E-state index in [1.807, 2.05) is 30.8 Å². The number of nitrogens with one attached hydrogen (secondary N) is 1. The summed E-state index contributed by atoms with van der Waals surface area (Å²) < 4.78 is 0.